The van der Waals surface area contributed by atoms with Gasteiger partial charge in [0.15, 0.2) is 5.65 Å². The van der Waals surface area contributed by atoms with Crippen molar-refractivity contribution in [3.05, 3.63) is 82.0 Å². The molecular formula is C25H23Cl2N5O. The number of carbonyl (C=O) groups excluding carboxylic acids is 1. The lowest BCUT2D eigenvalue weighted by Crippen LogP contribution is -2.26. The first-order chi connectivity index (χ1) is 16.1. The molecule has 1 N–H and O–H groups in total. The number of imidazole rings is 1. The Labute approximate surface area is 202 Å². The molecule has 0 unspecified atom stereocenters. The smallest absolute Gasteiger partial charge is 0.251 e. The number of benzene rings is 2. The van der Waals surface area contributed by atoms with Crippen molar-refractivity contribution in [2.45, 2.75) is 25.8 Å². The highest BCUT2D eigenvalue weighted by molar-refractivity contribution is 6.42. The molecule has 33 heavy (non-hydrogen) atoms. The molecule has 0 radical (unpaired) electrons. The minimum absolute atomic E-state index is 0.0598. The van der Waals surface area contributed by atoms with Crippen molar-refractivity contribution < 1.29 is 4.79 Å². The third-order valence-electron chi connectivity index (χ3n) is 5.84. The molecule has 4 bridgehead atoms. The van der Waals surface area contributed by atoms with Gasteiger partial charge in [-0.05, 0) is 61.2 Å². The van der Waals surface area contributed by atoms with Crippen LogP contribution < -0.4 is 10.2 Å². The van der Waals surface area contributed by atoms with Gasteiger partial charge in [0.1, 0.15) is 5.82 Å². The van der Waals surface area contributed by atoms with Crippen molar-refractivity contribution >= 4 is 40.6 Å². The standard InChI is InChI=1S/C25H23Cl2N5O/c26-20-8-7-17(13-21(20)27)16-31-12-3-1-2-11-28-25(33)19-6-4-5-18(14-19)22-15-29-23-9-10-24(31)30-32(22)23/h4-10,13-15H,1-3,11-12,16H2,(H,28,33). The molecule has 4 aromatic rings. The van der Waals surface area contributed by atoms with Crippen LogP contribution in [-0.4, -0.2) is 33.6 Å². The number of rotatable bonds is 2. The number of hydrogen-bond acceptors (Lipinski definition) is 4. The molecule has 1 aliphatic heterocycles. The highest BCUT2D eigenvalue weighted by Crippen LogP contribution is 2.26. The SMILES string of the molecule is O=C1NCCCCCN(Cc2ccc(Cl)c(Cl)c2)c2ccc3ncc(n3n2)-c2cccc1c2. The van der Waals surface area contributed by atoms with E-state index in [0.29, 0.717) is 28.7 Å². The van der Waals surface area contributed by atoms with E-state index in [-0.39, 0.29) is 5.91 Å². The molecule has 6 nitrogen and oxygen atoms in total. The minimum atomic E-state index is -0.0598. The van der Waals surface area contributed by atoms with Crippen LogP contribution in [0.4, 0.5) is 5.82 Å². The van der Waals surface area contributed by atoms with E-state index >= 15 is 0 Å². The molecule has 2 aromatic heterocycles. The lowest BCUT2D eigenvalue weighted by Gasteiger charge is -2.24. The van der Waals surface area contributed by atoms with Gasteiger partial charge in [0.05, 0.1) is 21.9 Å². The molecule has 0 saturated heterocycles. The van der Waals surface area contributed by atoms with Crippen LogP contribution in [0, 0.1) is 0 Å². The van der Waals surface area contributed by atoms with Crippen molar-refractivity contribution in [1.29, 1.82) is 0 Å². The largest absolute Gasteiger partial charge is 0.352 e. The van der Waals surface area contributed by atoms with Gasteiger partial charge in [0.2, 0.25) is 0 Å². The van der Waals surface area contributed by atoms with Crippen molar-refractivity contribution in [3.8, 4) is 11.3 Å². The van der Waals surface area contributed by atoms with Crippen LogP contribution in [0.15, 0.2) is 60.8 Å². The second kappa shape index (κ2) is 9.41. The summed E-state index contributed by atoms with van der Waals surface area (Å²) in [6.07, 6.45) is 4.69. The average Bonchev–Trinajstić information content (AvgIpc) is 3.25. The van der Waals surface area contributed by atoms with Crippen LogP contribution in [0.1, 0.15) is 35.2 Å². The molecule has 0 spiro atoms. The molecular weight excluding hydrogens is 457 g/mol. The van der Waals surface area contributed by atoms with Crippen molar-refractivity contribution in [2.75, 3.05) is 18.0 Å². The summed E-state index contributed by atoms with van der Waals surface area (Å²) in [6.45, 7) is 2.13. The van der Waals surface area contributed by atoms with E-state index in [1.54, 1.807) is 6.20 Å². The first kappa shape index (κ1) is 21.7. The summed E-state index contributed by atoms with van der Waals surface area (Å²) in [5.74, 6) is 0.795. The van der Waals surface area contributed by atoms with E-state index in [4.69, 9.17) is 28.3 Å². The van der Waals surface area contributed by atoms with Gasteiger partial charge < -0.3 is 10.2 Å². The Kier molecular flexibility index (Phi) is 6.20. The molecule has 0 aliphatic carbocycles. The Balaban J connectivity index is 1.57. The zero-order valence-electron chi connectivity index (χ0n) is 18.0. The molecule has 5 rings (SSSR count). The third kappa shape index (κ3) is 4.68. The molecule has 1 aliphatic rings. The Bertz CT molecular complexity index is 1320. The van der Waals surface area contributed by atoms with E-state index < -0.39 is 0 Å². The van der Waals surface area contributed by atoms with Crippen LogP contribution in [0.2, 0.25) is 10.0 Å². The van der Waals surface area contributed by atoms with Crippen molar-refractivity contribution in [3.63, 3.8) is 0 Å². The van der Waals surface area contributed by atoms with Crippen LogP contribution in [0.3, 0.4) is 0 Å². The zero-order chi connectivity index (χ0) is 22.8. The van der Waals surface area contributed by atoms with Gasteiger partial charge >= 0.3 is 0 Å². The average molecular weight is 480 g/mol. The fourth-order valence-electron chi connectivity index (χ4n) is 4.09. The predicted molar refractivity (Wildman–Crippen MR) is 132 cm³/mol. The Morgan fingerprint density at radius 1 is 0.939 bits per heavy atom. The number of anilines is 1. The molecule has 0 fully saturated rings. The summed E-state index contributed by atoms with van der Waals surface area (Å²) < 4.78 is 1.84. The number of amides is 1. The maximum absolute atomic E-state index is 12.6. The third-order valence-corrected chi connectivity index (χ3v) is 6.58. The molecule has 168 valence electrons. The van der Waals surface area contributed by atoms with Crippen LogP contribution >= 0.6 is 23.2 Å². The molecule has 3 heterocycles. The zero-order valence-corrected chi connectivity index (χ0v) is 19.5. The van der Waals surface area contributed by atoms with Crippen LogP contribution in [0.25, 0.3) is 16.9 Å². The van der Waals surface area contributed by atoms with E-state index in [2.05, 4.69) is 15.2 Å². The second-order valence-corrected chi connectivity index (χ2v) is 8.99. The maximum Gasteiger partial charge on any atom is 0.251 e. The van der Waals surface area contributed by atoms with Gasteiger partial charge in [-0.15, -0.1) is 5.10 Å². The van der Waals surface area contributed by atoms with E-state index in [1.807, 2.05) is 59.1 Å². The normalized spacial score (nSPS) is 14.7. The highest BCUT2D eigenvalue weighted by Gasteiger charge is 2.15. The van der Waals surface area contributed by atoms with Gasteiger partial charge in [0, 0.05) is 30.8 Å². The van der Waals surface area contributed by atoms with E-state index in [1.165, 1.54) is 0 Å². The summed E-state index contributed by atoms with van der Waals surface area (Å²) in [5.41, 5.74) is 4.18. The number of hydrogen-bond donors (Lipinski definition) is 1. The Hall–Kier alpha value is -3.09. The number of nitrogens with one attached hydrogen (secondary N) is 1. The summed E-state index contributed by atoms with van der Waals surface area (Å²) in [7, 11) is 0. The summed E-state index contributed by atoms with van der Waals surface area (Å²) in [6, 6.07) is 17.3. The van der Waals surface area contributed by atoms with E-state index in [9.17, 15) is 4.79 Å². The molecule has 1 amide bonds. The van der Waals surface area contributed by atoms with Gasteiger partial charge in [0.25, 0.3) is 5.91 Å². The molecule has 0 saturated carbocycles. The first-order valence-electron chi connectivity index (χ1n) is 11.0. The van der Waals surface area contributed by atoms with Gasteiger partial charge in [-0.25, -0.2) is 9.50 Å². The first-order valence-corrected chi connectivity index (χ1v) is 11.8. The predicted octanol–water partition coefficient (Wildman–Crippen LogP) is 5.62. The Morgan fingerprint density at radius 3 is 2.70 bits per heavy atom. The lowest BCUT2D eigenvalue weighted by atomic mass is 10.1. The number of carbonyl (C=O) groups is 1. The molecule has 0 atom stereocenters. The quantitative estimate of drug-likeness (QED) is 0.404. The monoisotopic (exact) mass is 479 g/mol. The van der Waals surface area contributed by atoms with E-state index in [0.717, 1.165) is 54.1 Å². The molecule has 2 aromatic carbocycles. The second-order valence-electron chi connectivity index (χ2n) is 8.17. The fraction of sp³-hybridized carbons (Fsp3) is 0.240. The van der Waals surface area contributed by atoms with Crippen molar-refractivity contribution in [2.24, 2.45) is 0 Å². The van der Waals surface area contributed by atoms with Gasteiger partial charge in [-0.1, -0.05) is 41.4 Å². The maximum atomic E-state index is 12.6. The topological polar surface area (TPSA) is 62.5 Å². The molecule has 8 heteroatoms. The minimum Gasteiger partial charge on any atom is -0.352 e. The fourth-order valence-corrected chi connectivity index (χ4v) is 4.41. The summed E-state index contributed by atoms with van der Waals surface area (Å²) >= 11 is 12.4. The summed E-state index contributed by atoms with van der Waals surface area (Å²) in [4.78, 5) is 19.4. The van der Waals surface area contributed by atoms with Gasteiger partial charge in [-0.3, -0.25) is 4.79 Å². The lowest BCUT2D eigenvalue weighted by molar-refractivity contribution is 0.0953. The summed E-state index contributed by atoms with van der Waals surface area (Å²) in [5, 5.41) is 9.06. The number of aromatic nitrogens is 3. The Morgan fingerprint density at radius 2 is 1.82 bits per heavy atom. The highest BCUT2D eigenvalue weighted by atomic mass is 35.5. The number of fused-ring (bicyclic) bond motifs is 4. The van der Waals surface area contributed by atoms with Gasteiger partial charge in [-0.2, -0.15) is 0 Å². The van der Waals surface area contributed by atoms with Crippen LogP contribution in [-0.2, 0) is 6.54 Å². The number of nitrogens with zero attached hydrogens (tertiary/aromatic N) is 4. The van der Waals surface area contributed by atoms with Crippen molar-refractivity contribution in [1.82, 2.24) is 19.9 Å². The number of halogens is 2. The van der Waals surface area contributed by atoms with Crippen LogP contribution in [0.5, 0.6) is 0 Å².